The number of carbonyl (C=O) groups is 1. The van der Waals surface area contributed by atoms with Crippen molar-refractivity contribution in [3.8, 4) is 23.0 Å². The summed E-state index contributed by atoms with van der Waals surface area (Å²) in [5.41, 5.74) is 0.964. The molecular weight excluding hydrogens is 478 g/mol. The highest BCUT2D eigenvalue weighted by Gasteiger charge is 2.59. The van der Waals surface area contributed by atoms with E-state index in [0.29, 0.717) is 39.5 Å². The Bertz CT molecular complexity index is 1320. The molecule has 2 aliphatic heterocycles. The largest absolute Gasteiger partial charge is 0.497 e. The normalized spacial score (nSPS) is 22.0. The Morgan fingerprint density at radius 3 is 2.39 bits per heavy atom. The molecule has 8 nitrogen and oxygen atoms in total. The molecule has 2 heterocycles. The molecule has 0 saturated carbocycles. The second kappa shape index (κ2) is 9.23. The van der Waals surface area contributed by atoms with Crippen LogP contribution in [0, 0.1) is 5.92 Å². The van der Waals surface area contributed by atoms with Crippen molar-refractivity contribution in [3.05, 3.63) is 72.3 Å². The predicted molar refractivity (Wildman–Crippen MR) is 141 cm³/mol. The number of para-hydroxylation sites is 2. The average Bonchev–Trinajstić information content (AvgIpc) is 2.88. The SMILES string of the molecule is COc1ccc(NC(=O)[C@@H]2[C@@H]3NC(=S)N(c4ccccc4OC)[C@]2(C)Oc2ccc(OC)cc23)cc1. The Morgan fingerprint density at radius 1 is 1.00 bits per heavy atom. The first kappa shape index (κ1) is 23.7. The van der Waals surface area contributed by atoms with Crippen LogP contribution in [-0.4, -0.2) is 38.1 Å². The molecule has 0 aromatic heterocycles. The first-order valence-electron chi connectivity index (χ1n) is 11.4. The molecule has 3 aromatic rings. The lowest BCUT2D eigenvalue weighted by Gasteiger charge is -2.56. The molecule has 3 aromatic carbocycles. The van der Waals surface area contributed by atoms with Crippen LogP contribution in [0.4, 0.5) is 11.4 Å². The van der Waals surface area contributed by atoms with Crippen molar-refractivity contribution < 1.29 is 23.7 Å². The van der Waals surface area contributed by atoms with Gasteiger partial charge in [0, 0.05) is 11.3 Å². The maximum atomic E-state index is 13.9. The van der Waals surface area contributed by atoms with Gasteiger partial charge in [-0.25, -0.2) is 0 Å². The molecule has 186 valence electrons. The standard InChI is InChI=1S/C27H27N3O5S/c1-27-23(25(31)28-16-9-11-17(32-2)12-10-16)24(19-15-18(33-3)13-14-21(19)35-27)29-26(36)30(27)20-7-5-6-8-22(20)34-4/h5-15,23-24H,1-4H3,(H,28,31)(H,29,36)/t23-,24+,27+/m0/s1. The minimum absolute atomic E-state index is 0.226. The van der Waals surface area contributed by atoms with Crippen LogP contribution in [-0.2, 0) is 4.79 Å². The Labute approximate surface area is 215 Å². The molecule has 0 unspecified atom stereocenters. The summed E-state index contributed by atoms with van der Waals surface area (Å²) in [6.45, 7) is 1.88. The van der Waals surface area contributed by atoms with Gasteiger partial charge in [-0.05, 0) is 73.7 Å². The lowest BCUT2D eigenvalue weighted by Crippen LogP contribution is -2.72. The molecule has 0 spiro atoms. The van der Waals surface area contributed by atoms with E-state index in [2.05, 4.69) is 10.6 Å². The first-order valence-corrected chi connectivity index (χ1v) is 11.9. The van der Waals surface area contributed by atoms with E-state index < -0.39 is 17.7 Å². The van der Waals surface area contributed by atoms with Gasteiger partial charge in [0.15, 0.2) is 10.8 Å². The molecule has 1 fully saturated rings. The van der Waals surface area contributed by atoms with E-state index in [1.807, 2.05) is 54.3 Å². The number of hydrogen-bond donors (Lipinski definition) is 2. The van der Waals surface area contributed by atoms with Crippen molar-refractivity contribution in [1.29, 1.82) is 0 Å². The Hall–Kier alpha value is -3.98. The summed E-state index contributed by atoms with van der Waals surface area (Å²) in [5, 5.41) is 6.87. The van der Waals surface area contributed by atoms with Gasteiger partial charge >= 0.3 is 0 Å². The van der Waals surface area contributed by atoms with E-state index >= 15 is 0 Å². The third-order valence-corrected chi connectivity index (χ3v) is 6.97. The fourth-order valence-corrected chi connectivity index (χ4v) is 5.37. The predicted octanol–water partition coefficient (Wildman–Crippen LogP) is 4.51. The van der Waals surface area contributed by atoms with Crippen LogP contribution in [0.5, 0.6) is 23.0 Å². The molecule has 36 heavy (non-hydrogen) atoms. The summed E-state index contributed by atoms with van der Waals surface area (Å²) in [6, 6.07) is 19.8. The molecule has 2 N–H and O–H groups in total. The number of anilines is 2. The Morgan fingerprint density at radius 2 is 1.69 bits per heavy atom. The van der Waals surface area contributed by atoms with Crippen LogP contribution in [0.2, 0.25) is 0 Å². The van der Waals surface area contributed by atoms with Crippen molar-refractivity contribution in [2.45, 2.75) is 18.7 Å². The molecule has 0 aliphatic carbocycles. The molecule has 2 bridgehead atoms. The van der Waals surface area contributed by atoms with Crippen molar-refractivity contribution in [1.82, 2.24) is 5.32 Å². The lowest BCUT2D eigenvalue weighted by atomic mass is 9.78. The number of ether oxygens (including phenoxy) is 4. The van der Waals surface area contributed by atoms with E-state index in [4.69, 9.17) is 31.2 Å². The molecule has 1 amide bonds. The number of thiocarbonyl (C=S) groups is 1. The number of methoxy groups -OCH3 is 3. The summed E-state index contributed by atoms with van der Waals surface area (Å²) in [7, 11) is 4.80. The summed E-state index contributed by atoms with van der Waals surface area (Å²) in [5.74, 6) is 1.70. The second-order valence-electron chi connectivity index (χ2n) is 8.69. The highest BCUT2D eigenvalue weighted by Crippen LogP contribution is 2.51. The highest BCUT2D eigenvalue weighted by molar-refractivity contribution is 7.80. The fourth-order valence-electron chi connectivity index (χ4n) is 4.96. The number of hydrogen-bond acceptors (Lipinski definition) is 6. The van der Waals surface area contributed by atoms with Gasteiger partial charge < -0.3 is 29.6 Å². The number of amides is 1. The maximum absolute atomic E-state index is 13.9. The zero-order valence-electron chi connectivity index (χ0n) is 20.4. The number of nitrogens with zero attached hydrogens (tertiary/aromatic N) is 1. The van der Waals surface area contributed by atoms with Crippen LogP contribution < -0.4 is 34.5 Å². The van der Waals surface area contributed by atoms with Crippen molar-refractivity contribution in [3.63, 3.8) is 0 Å². The number of benzene rings is 3. The van der Waals surface area contributed by atoms with Crippen molar-refractivity contribution >= 4 is 34.6 Å². The molecular formula is C27H27N3O5S. The average molecular weight is 506 g/mol. The van der Waals surface area contributed by atoms with Crippen molar-refractivity contribution in [2.24, 2.45) is 5.92 Å². The maximum Gasteiger partial charge on any atom is 0.236 e. The molecule has 9 heteroatoms. The van der Waals surface area contributed by atoms with Crippen LogP contribution in [0.1, 0.15) is 18.5 Å². The van der Waals surface area contributed by atoms with Gasteiger partial charge in [-0.15, -0.1) is 0 Å². The van der Waals surface area contributed by atoms with Crippen LogP contribution in [0.15, 0.2) is 66.7 Å². The minimum atomic E-state index is -1.17. The second-order valence-corrected chi connectivity index (χ2v) is 9.08. The fraction of sp³-hybridized carbons (Fsp3) is 0.259. The van der Waals surface area contributed by atoms with E-state index in [9.17, 15) is 4.79 Å². The summed E-state index contributed by atoms with van der Waals surface area (Å²) in [4.78, 5) is 15.8. The molecule has 2 aliphatic rings. The molecule has 1 saturated heterocycles. The highest BCUT2D eigenvalue weighted by atomic mass is 32.1. The molecule has 3 atom stereocenters. The zero-order valence-corrected chi connectivity index (χ0v) is 21.2. The quantitative estimate of drug-likeness (QED) is 0.474. The van der Waals surface area contributed by atoms with Crippen molar-refractivity contribution in [2.75, 3.05) is 31.5 Å². The molecule has 5 rings (SSSR count). The monoisotopic (exact) mass is 505 g/mol. The number of fused-ring (bicyclic) bond motifs is 4. The molecule has 0 radical (unpaired) electrons. The zero-order chi connectivity index (χ0) is 25.4. The van der Waals surface area contributed by atoms with E-state index in [0.717, 1.165) is 5.56 Å². The van der Waals surface area contributed by atoms with Gasteiger partial charge in [-0.3, -0.25) is 9.69 Å². The van der Waals surface area contributed by atoms with E-state index in [1.54, 1.807) is 45.6 Å². The van der Waals surface area contributed by atoms with Gasteiger partial charge in [-0.2, -0.15) is 0 Å². The van der Waals surface area contributed by atoms with Gasteiger partial charge in [0.25, 0.3) is 0 Å². The minimum Gasteiger partial charge on any atom is -0.497 e. The Balaban J connectivity index is 1.62. The van der Waals surface area contributed by atoms with Crippen LogP contribution in [0.3, 0.4) is 0 Å². The third kappa shape index (κ3) is 3.85. The van der Waals surface area contributed by atoms with Gasteiger partial charge in [0.05, 0.1) is 33.1 Å². The topological polar surface area (TPSA) is 81.3 Å². The summed E-state index contributed by atoms with van der Waals surface area (Å²) in [6.07, 6.45) is 0. The van der Waals surface area contributed by atoms with Gasteiger partial charge in [-0.1, -0.05) is 12.1 Å². The van der Waals surface area contributed by atoms with Gasteiger partial charge in [0.2, 0.25) is 5.91 Å². The van der Waals surface area contributed by atoms with Crippen LogP contribution >= 0.6 is 12.2 Å². The number of carbonyl (C=O) groups excluding carboxylic acids is 1. The smallest absolute Gasteiger partial charge is 0.236 e. The lowest BCUT2D eigenvalue weighted by molar-refractivity contribution is -0.130. The van der Waals surface area contributed by atoms with E-state index in [1.165, 1.54) is 0 Å². The number of nitrogens with one attached hydrogen (secondary N) is 2. The summed E-state index contributed by atoms with van der Waals surface area (Å²) < 4.78 is 23.0. The first-order chi connectivity index (χ1) is 17.4. The summed E-state index contributed by atoms with van der Waals surface area (Å²) >= 11 is 5.83. The Kier molecular flexibility index (Phi) is 6.09. The van der Waals surface area contributed by atoms with Crippen LogP contribution in [0.25, 0.3) is 0 Å². The van der Waals surface area contributed by atoms with Gasteiger partial charge in [0.1, 0.15) is 28.9 Å². The number of rotatable bonds is 6. The third-order valence-electron chi connectivity index (χ3n) is 6.67. The van der Waals surface area contributed by atoms with E-state index in [-0.39, 0.29) is 5.91 Å².